The third-order valence-electron chi connectivity index (χ3n) is 4.41. The van der Waals surface area contributed by atoms with Gasteiger partial charge >= 0.3 is 12.0 Å². The molecule has 0 bridgehead atoms. The van der Waals surface area contributed by atoms with E-state index in [4.69, 9.17) is 5.11 Å². The van der Waals surface area contributed by atoms with Crippen LogP contribution in [0.4, 0.5) is 4.79 Å². The number of carbonyl (C=O) groups is 2. The largest absolute Gasteiger partial charge is 0.481 e. The average molecular weight is 297 g/mol. The first-order valence-corrected chi connectivity index (χ1v) is 8.15. The van der Waals surface area contributed by atoms with Gasteiger partial charge in [-0.3, -0.25) is 9.69 Å². The van der Waals surface area contributed by atoms with Crippen LogP contribution in [-0.2, 0) is 4.79 Å². The maximum Gasteiger partial charge on any atom is 0.320 e. The van der Waals surface area contributed by atoms with E-state index in [1.807, 2.05) is 9.80 Å². The molecule has 0 aromatic carbocycles. The summed E-state index contributed by atoms with van der Waals surface area (Å²) < 4.78 is 0. The Morgan fingerprint density at radius 1 is 0.762 bits per heavy atom. The van der Waals surface area contributed by atoms with Crippen LogP contribution in [-0.4, -0.2) is 77.6 Å². The second-order valence-electron chi connectivity index (χ2n) is 6.01. The maximum atomic E-state index is 12.5. The zero-order chi connectivity index (χ0) is 15.1. The molecule has 1 N–H and O–H groups in total. The molecule has 2 aliphatic heterocycles. The molecular formula is C15H27N3O3. The van der Waals surface area contributed by atoms with Crippen LogP contribution in [0.15, 0.2) is 0 Å². The monoisotopic (exact) mass is 297 g/mol. The SMILES string of the molecule is O=C(O)CCN1CCN(C(=O)N2CCCCCCC2)CC1. The van der Waals surface area contributed by atoms with Crippen LogP contribution >= 0.6 is 0 Å². The lowest BCUT2D eigenvalue weighted by Gasteiger charge is -2.37. The number of piperazine rings is 1. The molecule has 0 saturated carbocycles. The Balaban J connectivity index is 1.75. The summed E-state index contributed by atoms with van der Waals surface area (Å²) in [5.74, 6) is -0.755. The van der Waals surface area contributed by atoms with Crippen molar-refractivity contribution in [2.24, 2.45) is 0 Å². The van der Waals surface area contributed by atoms with Crippen molar-refractivity contribution < 1.29 is 14.7 Å². The van der Waals surface area contributed by atoms with Gasteiger partial charge in [-0.05, 0) is 12.8 Å². The van der Waals surface area contributed by atoms with Gasteiger partial charge < -0.3 is 14.9 Å². The Hall–Kier alpha value is -1.30. The van der Waals surface area contributed by atoms with Crippen LogP contribution in [0.2, 0.25) is 0 Å². The molecule has 21 heavy (non-hydrogen) atoms. The fraction of sp³-hybridized carbons (Fsp3) is 0.867. The second-order valence-corrected chi connectivity index (χ2v) is 6.01. The number of rotatable bonds is 3. The standard InChI is InChI=1S/C15H27N3O3/c19-14(20)6-9-16-10-12-18(13-11-16)15(21)17-7-4-2-1-3-5-8-17/h1-13H2,(H,19,20). The number of aliphatic carboxylic acids is 1. The molecule has 0 spiro atoms. The van der Waals surface area contributed by atoms with Gasteiger partial charge in [0, 0.05) is 45.8 Å². The van der Waals surface area contributed by atoms with Crippen LogP contribution in [0.25, 0.3) is 0 Å². The molecule has 0 radical (unpaired) electrons. The van der Waals surface area contributed by atoms with Gasteiger partial charge in [-0.25, -0.2) is 4.79 Å². The smallest absolute Gasteiger partial charge is 0.320 e. The van der Waals surface area contributed by atoms with Crippen molar-refractivity contribution in [1.29, 1.82) is 0 Å². The molecule has 6 nitrogen and oxygen atoms in total. The molecule has 0 aromatic rings. The minimum Gasteiger partial charge on any atom is -0.481 e. The van der Waals surface area contributed by atoms with Gasteiger partial charge in [-0.1, -0.05) is 19.3 Å². The molecule has 2 rings (SSSR count). The lowest BCUT2D eigenvalue weighted by atomic mass is 10.1. The van der Waals surface area contributed by atoms with Gasteiger partial charge in [-0.2, -0.15) is 0 Å². The summed E-state index contributed by atoms with van der Waals surface area (Å²) in [7, 11) is 0. The maximum absolute atomic E-state index is 12.5. The summed E-state index contributed by atoms with van der Waals surface area (Å²) in [6, 6.07) is 0.176. The van der Waals surface area contributed by atoms with Gasteiger partial charge in [0.1, 0.15) is 0 Å². The van der Waals surface area contributed by atoms with E-state index in [2.05, 4.69) is 4.90 Å². The van der Waals surface area contributed by atoms with E-state index >= 15 is 0 Å². The number of carboxylic acid groups (broad SMARTS) is 1. The van der Waals surface area contributed by atoms with Crippen LogP contribution < -0.4 is 0 Å². The first kappa shape index (κ1) is 16.1. The average Bonchev–Trinajstić information content (AvgIpc) is 2.45. The normalized spacial score (nSPS) is 21.7. The van der Waals surface area contributed by atoms with Gasteiger partial charge in [0.2, 0.25) is 0 Å². The summed E-state index contributed by atoms with van der Waals surface area (Å²) in [6.07, 6.45) is 6.17. The van der Waals surface area contributed by atoms with E-state index in [1.165, 1.54) is 19.3 Å². The van der Waals surface area contributed by atoms with E-state index in [1.54, 1.807) is 0 Å². The van der Waals surface area contributed by atoms with E-state index in [0.29, 0.717) is 6.54 Å². The Bertz CT molecular complexity index is 346. The van der Waals surface area contributed by atoms with Crippen molar-refractivity contribution in [2.45, 2.75) is 38.5 Å². The number of likely N-dealkylation sites (tertiary alicyclic amines) is 1. The molecule has 2 heterocycles. The van der Waals surface area contributed by atoms with Crippen molar-refractivity contribution >= 4 is 12.0 Å². The van der Waals surface area contributed by atoms with Gasteiger partial charge in [0.05, 0.1) is 6.42 Å². The summed E-state index contributed by atoms with van der Waals surface area (Å²) in [4.78, 5) is 29.2. The van der Waals surface area contributed by atoms with E-state index in [9.17, 15) is 9.59 Å². The molecule has 2 amide bonds. The Morgan fingerprint density at radius 2 is 1.29 bits per heavy atom. The number of carbonyl (C=O) groups excluding carboxylic acids is 1. The molecule has 2 aliphatic rings. The van der Waals surface area contributed by atoms with Gasteiger partial charge in [0.25, 0.3) is 0 Å². The highest BCUT2D eigenvalue weighted by molar-refractivity contribution is 5.74. The fourth-order valence-corrected chi connectivity index (χ4v) is 3.06. The molecular weight excluding hydrogens is 270 g/mol. The number of nitrogens with zero attached hydrogens (tertiary/aromatic N) is 3. The predicted octanol–water partition coefficient (Wildman–Crippen LogP) is 1.46. The van der Waals surface area contributed by atoms with Crippen molar-refractivity contribution in [3.05, 3.63) is 0 Å². The highest BCUT2D eigenvalue weighted by atomic mass is 16.4. The number of hydrogen-bond acceptors (Lipinski definition) is 3. The number of urea groups is 1. The molecule has 2 fully saturated rings. The van der Waals surface area contributed by atoms with Crippen molar-refractivity contribution in [3.63, 3.8) is 0 Å². The van der Waals surface area contributed by atoms with E-state index in [-0.39, 0.29) is 12.5 Å². The molecule has 2 saturated heterocycles. The Morgan fingerprint density at radius 3 is 1.86 bits per heavy atom. The predicted molar refractivity (Wildman–Crippen MR) is 80.3 cm³/mol. The van der Waals surface area contributed by atoms with E-state index in [0.717, 1.165) is 52.1 Å². The van der Waals surface area contributed by atoms with Crippen LogP contribution in [0.5, 0.6) is 0 Å². The van der Waals surface area contributed by atoms with Crippen LogP contribution in [0, 0.1) is 0 Å². The number of hydrogen-bond donors (Lipinski definition) is 1. The summed E-state index contributed by atoms with van der Waals surface area (Å²) in [6.45, 7) is 5.36. The van der Waals surface area contributed by atoms with E-state index < -0.39 is 5.97 Å². The Labute approximate surface area is 126 Å². The Kier molecular flexibility index (Phi) is 6.29. The minimum atomic E-state index is -0.755. The fourth-order valence-electron chi connectivity index (χ4n) is 3.06. The van der Waals surface area contributed by atoms with Gasteiger partial charge in [-0.15, -0.1) is 0 Å². The quantitative estimate of drug-likeness (QED) is 0.856. The van der Waals surface area contributed by atoms with Crippen molar-refractivity contribution in [3.8, 4) is 0 Å². The number of carboxylic acids is 1. The number of amides is 2. The summed E-state index contributed by atoms with van der Waals surface area (Å²) in [5.41, 5.74) is 0. The molecule has 6 heteroatoms. The highest BCUT2D eigenvalue weighted by Gasteiger charge is 2.25. The highest BCUT2D eigenvalue weighted by Crippen LogP contribution is 2.13. The van der Waals surface area contributed by atoms with Crippen molar-refractivity contribution in [2.75, 3.05) is 45.8 Å². The van der Waals surface area contributed by atoms with Gasteiger partial charge in [0.15, 0.2) is 0 Å². The second kappa shape index (κ2) is 8.22. The van der Waals surface area contributed by atoms with Crippen molar-refractivity contribution in [1.82, 2.24) is 14.7 Å². The molecule has 0 unspecified atom stereocenters. The third kappa shape index (κ3) is 5.19. The van der Waals surface area contributed by atoms with Crippen LogP contribution in [0.1, 0.15) is 38.5 Å². The molecule has 0 aliphatic carbocycles. The lowest BCUT2D eigenvalue weighted by Crippen LogP contribution is -2.53. The molecule has 0 aromatic heterocycles. The molecule has 0 atom stereocenters. The third-order valence-corrected chi connectivity index (χ3v) is 4.41. The lowest BCUT2D eigenvalue weighted by molar-refractivity contribution is -0.137. The summed E-state index contributed by atoms with van der Waals surface area (Å²) >= 11 is 0. The zero-order valence-electron chi connectivity index (χ0n) is 12.8. The summed E-state index contributed by atoms with van der Waals surface area (Å²) in [5, 5.41) is 8.71. The molecule has 120 valence electrons. The zero-order valence-corrected chi connectivity index (χ0v) is 12.8. The van der Waals surface area contributed by atoms with Crippen LogP contribution in [0.3, 0.4) is 0 Å². The first-order valence-electron chi connectivity index (χ1n) is 8.15. The minimum absolute atomic E-state index is 0.176. The topological polar surface area (TPSA) is 64.1 Å². The first-order chi connectivity index (χ1) is 10.2.